The monoisotopic (exact) mass is 343 g/mol. The largest absolute Gasteiger partial charge is 0.333 e. The molecule has 1 aliphatic rings. The number of hydrogen-bond donors (Lipinski definition) is 2. The van der Waals surface area contributed by atoms with E-state index in [0.717, 1.165) is 17.7 Å². The van der Waals surface area contributed by atoms with Crippen molar-refractivity contribution in [2.75, 3.05) is 19.6 Å². The van der Waals surface area contributed by atoms with Crippen LogP contribution < -0.4 is 11.1 Å². The second-order valence-electron chi connectivity index (χ2n) is 6.05. The number of halogens is 1. The lowest BCUT2D eigenvalue weighted by molar-refractivity contribution is -0.135. The first-order chi connectivity index (χ1) is 11.7. The molecule has 126 valence electrons. The highest BCUT2D eigenvalue weighted by molar-refractivity contribution is 6.31. The highest BCUT2D eigenvalue weighted by atomic mass is 35.5. The number of benzene rings is 2. The molecule has 2 unspecified atom stereocenters. The van der Waals surface area contributed by atoms with Gasteiger partial charge in [0.25, 0.3) is 0 Å². The summed E-state index contributed by atoms with van der Waals surface area (Å²) in [4.78, 5) is 14.8. The number of amides is 1. The van der Waals surface area contributed by atoms with Gasteiger partial charge in [0.2, 0.25) is 5.91 Å². The zero-order valence-corrected chi connectivity index (χ0v) is 14.2. The van der Waals surface area contributed by atoms with Crippen molar-refractivity contribution in [3.8, 4) is 0 Å². The van der Waals surface area contributed by atoms with Gasteiger partial charge in [0.05, 0.1) is 6.04 Å². The number of piperazine rings is 1. The summed E-state index contributed by atoms with van der Waals surface area (Å²) < 4.78 is 0. The van der Waals surface area contributed by atoms with Crippen LogP contribution in [0, 0.1) is 0 Å². The Labute approximate surface area is 147 Å². The highest BCUT2D eigenvalue weighted by Crippen LogP contribution is 2.29. The Hall–Kier alpha value is -1.88. The summed E-state index contributed by atoms with van der Waals surface area (Å²) in [5.74, 6) is 0.0674. The molecule has 0 aliphatic carbocycles. The summed E-state index contributed by atoms with van der Waals surface area (Å²) in [7, 11) is 0. The van der Waals surface area contributed by atoms with E-state index in [1.54, 1.807) is 0 Å². The maximum Gasteiger partial charge on any atom is 0.225 e. The number of hydrogen-bond acceptors (Lipinski definition) is 3. The minimum atomic E-state index is -0.291. The van der Waals surface area contributed by atoms with Crippen LogP contribution in [0.3, 0.4) is 0 Å². The molecular weight excluding hydrogens is 322 g/mol. The summed E-state index contributed by atoms with van der Waals surface area (Å²) in [6.45, 7) is 2.15. The summed E-state index contributed by atoms with van der Waals surface area (Å²) >= 11 is 6.34. The molecule has 1 aliphatic heterocycles. The van der Waals surface area contributed by atoms with Crippen molar-refractivity contribution in [1.82, 2.24) is 10.2 Å². The Morgan fingerprint density at radius 2 is 1.92 bits per heavy atom. The second kappa shape index (κ2) is 7.79. The van der Waals surface area contributed by atoms with E-state index in [2.05, 4.69) is 5.32 Å². The summed E-state index contributed by atoms with van der Waals surface area (Å²) in [5.41, 5.74) is 8.19. The molecule has 24 heavy (non-hydrogen) atoms. The van der Waals surface area contributed by atoms with Gasteiger partial charge in [-0.2, -0.15) is 0 Å². The van der Waals surface area contributed by atoms with E-state index in [1.165, 1.54) is 0 Å². The van der Waals surface area contributed by atoms with Gasteiger partial charge < -0.3 is 16.0 Å². The van der Waals surface area contributed by atoms with Crippen molar-refractivity contribution in [1.29, 1.82) is 0 Å². The average molecular weight is 344 g/mol. The third-order valence-corrected chi connectivity index (χ3v) is 4.79. The highest BCUT2D eigenvalue weighted by Gasteiger charge is 2.29. The number of nitrogens with one attached hydrogen (secondary N) is 1. The van der Waals surface area contributed by atoms with Gasteiger partial charge in [-0.15, -0.1) is 0 Å². The molecule has 0 aromatic heterocycles. The minimum absolute atomic E-state index is 0.0528. The van der Waals surface area contributed by atoms with Crippen LogP contribution in [0.4, 0.5) is 0 Å². The van der Waals surface area contributed by atoms with Gasteiger partial charge in [-0.05, 0) is 17.2 Å². The quantitative estimate of drug-likeness (QED) is 0.897. The lowest BCUT2D eigenvalue weighted by Gasteiger charge is -2.37. The van der Waals surface area contributed by atoms with Crippen molar-refractivity contribution in [2.45, 2.75) is 18.5 Å². The van der Waals surface area contributed by atoms with Gasteiger partial charge >= 0.3 is 0 Å². The molecule has 0 radical (unpaired) electrons. The predicted molar refractivity (Wildman–Crippen MR) is 96.8 cm³/mol. The maximum absolute atomic E-state index is 12.9. The lowest BCUT2D eigenvalue weighted by Crippen LogP contribution is -2.49. The van der Waals surface area contributed by atoms with E-state index in [9.17, 15) is 4.79 Å². The van der Waals surface area contributed by atoms with Crippen LogP contribution >= 0.6 is 11.6 Å². The fraction of sp³-hybridized carbons (Fsp3) is 0.316. The SMILES string of the molecule is NC(CC(=O)N1CCNCC1c1ccccc1Cl)c1ccccc1. The molecule has 3 rings (SSSR count). The normalized spacial score (nSPS) is 19.1. The Kier molecular flexibility index (Phi) is 5.51. The van der Waals surface area contributed by atoms with E-state index in [-0.39, 0.29) is 18.0 Å². The first-order valence-corrected chi connectivity index (χ1v) is 8.59. The molecular formula is C19H22ClN3O. The van der Waals surface area contributed by atoms with Gasteiger partial charge in [-0.3, -0.25) is 4.79 Å². The number of nitrogens with two attached hydrogens (primary N) is 1. The van der Waals surface area contributed by atoms with Gasteiger partial charge in [-0.25, -0.2) is 0 Å². The molecule has 4 nitrogen and oxygen atoms in total. The van der Waals surface area contributed by atoms with E-state index < -0.39 is 0 Å². The fourth-order valence-electron chi connectivity index (χ4n) is 3.15. The maximum atomic E-state index is 12.9. The number of carbonyl (C=O) groups is 1. The smallest absolute Gasteiger partial charge is 0.225 e. The minimum Gasteiger partial charge on any atom is -0.333 e. The lowest BCUT2D eigenvalue weighted by atomic mass is 10.00. The number of rotatable bonds is 4. The molecule has 1 amide bonds. The summed E-state index contributed by atoms with van der Waals surface area (Å²) in [6, 6.07) is 17.1. The van der Waals surface area contributed by atoms with Crippen molar-refractivity contribution in [2.24, 2.45) is 5.73 Å². The molecule has 5 heteroatoms. The molecule has 3 N–H and O–H groups in total. The molecule has 2 atom stereocenters. The Morgan fingerprint density at radius 1 is 1.21 bits per heavy atom. The van der Waals surface area contributed by atoms with Gasteiger partial charge in [-0.1, -0.05) is 60.1 Å². The van der Waals surface area contributed by atoms with Crippen LogP contribution in [-0.2, 0) is 4.79 Å². The fourth-order valence-corrected chi connectivity index (χ4v) is 3.41. The molecule has 2 aromatic carbocycles. The van der Waals surface area contributed by atoms with E-state index in [1.807, 2.05) is 59.5 Å². The van der Waals surface area contributed by atoms with Crippen LogP contribution in [0.1, 0.15) is 29.6 Å². The van der Waals surface area contributed by atoms with Crippen LogP contribution in [0.5, 0.6) is 0 Å². The number of nitrogens with zero attached hydrogens (tertiary/aromatic N) is 1. The summed E-state index contributed by atoms with van der Waals surface area (Å²) in [6.07, 6.45) is 0.297. The Morgan fingerprint density at radius 3 is 2.67 bits per heavy atom. The van der Waals surface area contributed by atoms with Crippen molar-refractivity contribution in [3.05, 3.63) is 70.7 Å². The average Bonchev–Trinajstić information content (AvgIpc) is 2.63. The molecule has 0 bridgehead atoms. The van der Waals surface area contributed by atoms with Crippen molar-refractivity contribution >= 4 is 17.5 Å². The van der Waals surface area contributed by atoms with Gasteiger partial charge in [0.1, 0.15) is 0 Å². The first-order valence-electron chi connectivity index (χ1n) is 8.22. The zero-order valence-electron chi connectivity index (χ0n) is 13.5. The Balaban J connectivity index is 1.75. The first kappa shape index (κ1) is 17.0. The number of carbonyl (C=O) groups excluding carboxylic acids is 1. The van der Waals surface area contributed by atoms with Crippen molar-refractivity contribution < 1.29 is 4.79 Å². The van der Waals surface area contributed by atoms with E-state index in [4.69, 9.17) is 17.3 Å². The molecule has 1 fully saturated rings. The van der Waals surface area contributed by atoms with Crippen LogP contribution in [0.25, 0.3) is 0 Å². The standard InChI is InChI=1S/C19H22ClN3O/c20-16-9-5-4-8-15(16)18-13-22-10-11-23(18)19(24)12-17(21)14-6-2-1-3-7-14/h1-9,17-18,22H,10-13,21H2. The molecule has 2 aromatic rings. The molecule has 1 heterocycles. The third-order valence-electron chi connectivity index (χ3n) is 4.45. The topological polar surface area (TPSA) is 58.4 Å². The van der Waals surface area contributed by atoms with Crippen LogP contribution in [0.15, 0.2) is 54.6 Å². The molecule has 0 spiro atoms. The van der Waals surface area contributed by atoms with Crippen LogP contribution in [-0.4, -0.2) is 30.4 Å². The van der Waals surface area contributed by atoms with E-state index >= 15 is 0 Å². The van der Waals surface area contributed by atoms with Gasteiger partial charge in [0.15, 0.2) is 0 Å². The summed E-state index contributed by atoms with van der Waals surface area (Å²) in [5, 5.41) is 4.04. The zero-order chi connectivity index (χ0) is 16.9. The Bertz CT molecular complexity index is 692. The molecule has 1 saturated heterocycles. The third kappa shape index (κ3) is 3.78. The van der Waals surface area contributed by atoms with E-state index in [0.29, 0.717) is 24.5 Å². The molecule has 0 saturated carbocycles. The van der Waals surface area contributed by atoms with Crippen molar-refractivity contribution in [3.63, 3.8) is 0 Å². The second-order valence-corrected chi connectivity index (χ2v) is 6.46. The predicted octanol–water partition coefficient (Wildman–Crippen LogP) is 2.90. The van der Waals surface area contributed by atoms with Crippen LogP contribution in [0.2, 0.25) is 5.02 Å². The van der Waals surface area contributed by atoms with Gasteiger partial charge in [0, 0.05) is 37.1 Å².